The first-order valence-electron chi connectivity index (χ1n) is 5.96. The molecule has 1 aromatic carbocycles. The van der Waals surface area contributed by atoms with Crippen LogP contribution in [0, 0.1) is 5.92 Å². The predicted octanol–water partition coefficient (Wildman–Crippen LogP) is 2.11. The van der Waals surface area contributed by atoms with Crippen molar-refractivity contribution >= 4 is 12.1 Å². The van der Waals surface area contributed by atoms with Crippen molar-refractivity contribution in [3.05, 3.63) is 42.5 Å². The fraction of sp³-hybridized carbons (Fsp3) is 0.286. The minimum absolute atomic E-state index is 0.00492. The van der Waals surface area contributed by atoms with Crippen molar-refractivity contribution in [2.75, 3.05) is 6.61 Å². The molecule has 94 valence electrons. The summed E-state index contributed by atoms with van der Waals surface area (Å²) in [5, 5.41) is 3.92. The van der Waals surface area contributed by atoms with Gasteiger partial charge in [-0.05, 0) is 30.5 Å². The van der Waals surface area contributed by atoms with Gasteiger partial charge in [0.1, 0.15) is 12.4 Å². The molecule has 0 saturated heterocycles. The van der Waals surface area contributed by atoms with Crippen molar-refractivity contribution in [3.63, 3.8) is 0 Å². The van der Waals surface area contributed by atoms with Gasteiger partial charge in [0.15, 0.2) is 0 Å². The second-order valence-corrected chi connectivity index (χ2v) is 4.18. The van der Waals surface area contributed by atoms with E-state index >= 15 is 0 Å². The third-order valence-corrected chi connectivity index (χ3v) is 2.56. The Morgan fingerprint density at radius 2 is 2.39 bits per heavy atom. The molecule has 0 radical (unpaired) electrons. The third kappa shape index (κ3) is 3.73. The smallest absolute Gasteiger partial charge is 0.243 e. The van der Waals surface area contributed by atoms with Crippen LogP contribution in [0.2, 0.25) is 0 Å². The quantitative estimate of drug-likeness (QED) is 0.473. The zero-order valence-corrected chi connectivity index (χ0v) is 10.1. The van der Waals surface area contributed by atoms with Gasteiger partial charge in [0.2, 0.25) is 5.91 Å². The fourth-order valence-corrected chi connectivity index (χ4v) is 1.45. The van der Waals surface area contributed by atoms with Crippen LogP contribution in [0.5, 0.6) is 5.75 Å². The number of benzene rings is 1. The molecule has 1 aromatic rings. The average Bonchev–Trinajstić information content (AvgIpc) is 3.21. The molecule has 0 aliphatic heterocycles. The number of hydrogen-bond donors (Lipinski definition) is 1. The van der Waals surface area contributed by atoms with Crippen LogP contribution in [-0.2, 0) is 4.79 Å². The van der Waals surface area contributed by atoms with Crippen LogP contribution >= 0.6 is 0 Å². The Hall–Kier alpha value is -2.10. The number of hydrazone groups is 1. The topological polar surface area (TPSA) is 50.7 Å². The monoisotopic (exact) mass is 244 g/mol. The van der Waals surface area contributed by atoms with Crippen molar-refractivity contribution < 1.29 is 9.53 Å². The number of ether oxygens (including phenoxy) is 1. The van der Waals surface area contributed by atoms with E-state index in [0.717, 1.165) is 24.2 Å². The molecule has 0 atom stereocenters. The summed E-state index contributed by atoms with van der Waals surface area (Å²) in [6.45, 7) is 4.06. The second kappa shape index (κ2) is 6.00. The van der Waals surface area contributed by atoms with Gasteiger partial charge >= 0.3 is 0 Å². The lowest BCUT2D eigenvalue weighted by Gasteiger charge is -2.03. The highest BCUT2D eigenvalue weighted by Gasteiger charge is 2.29. The van der Waals surface area contributed by atoms with Crippen LogP contribution in [0.15, 0.2) is 42.0 Å². The number of hydrogen-bond acceptors (Lipinski definition) is 3. The molecule has 18 heavy (non-hydrogen) atoms. The Morgan fingerprint density at radius 3 is 3.11 bits per heavy atom. The van der Waals surface area contributed by atoms with Crippen molar-refractivity contribution in [3.8, 4) is 5.75 Å². The number of carbonyl (C=O) groups excluding carboxylic acids is 1. The van der Waals surface area contributed by atoms with Gasteiger partial charge in [-0.25, -0.2) is 5.43 Å². The van der Waals surface area contributed by atoms with Gasteiger partial charge in [0.05, 0.1) is 6.21 Å². The van der Waals surface area contributed by atoms with Crippen molar-refractivity contribution in [2.45, 2.75) is 12.8 Å². The van der Waals surface area contributed by atoms with E-state index in [1.165, 1.54) is 0 Å². The lowest BCUT2D eigenvalue weighted by Crippen LogP contribution is -2.18. The summed E-state index contributed by atoms with van der Waals surface area (Å²) in [5.41, 5.74) is 3.41. The van der Waals surface area contributed by atoms with E-state index in [1.54, 1.807) is 12.3 Å². The largest absolute Gasteiger partial charge is 0.490 e. The summed E-state index contributed by atoms with van der Waals surface area (Å²) < 4.78 is 5.40. The van der Waals surface area contributed by atoms with E-state index in [4.69, 9.17) is 4.74 Å². The molecule has 4 nitrogen and oxygen atoms in total. The number of nitrogens with one attached hydrogen (secondary N) is 1. The van der Waals surface area contributed by atoms with Crippen LogP contribution in [0.1, 0.15) is 18.4 Å². The average molecular weight is 244 g/mol. The first-order valence-corrected chi connectivity index (χ1v) is 5.96. The maximum Gasteiger partial charge on any atom is 0.243 e. The normalized spacial score (nSPS) is 14.4. The van der Waals surface area contributed by atoms with Crippen LogP contribution in [0.25, 0.3) is 0 Å². The first-order chi connectivity index (χ1) is 8.79. The molecule has 1 amide bonds. The van der Waals surface area contributed by atoms with Crippen LogP contribution in [0.3, 0.4) is 0 Å². The molecule has 4 heteroatoms. The van der Waals surface area contributed by atoms with Crippen LogP contribution in [0.4, 0.5) is 0 Å². The highest BCUT2D eigenvalue weighted by Crippen LogP contribution is 2.28. The zero-order valence-electron chi connectivity index (χ0n) is 10.1. The SMILES string of the molecule is C=CCOc1cccc(/C=N\NC(=O)C2CC2)c1. The molecule has 1 aliphatic rings. The Kier molecular flexibility index (Phi) is 4.12. The van der Waals surface area contributed by atoms with Gasteiger partial charge < -0.3 is 4.74 Å². The molecule has 0 bridgehead atoms. The highest BCUT2D eigenvalue weighted by atomic mass is 16.5. The minimum atomic E-state index is 0.00492. The molecule has 0 spiro atoms. The van der Waals surface area contributed by atoms with E-state index in [9.17, 15) is 4.79 Å². The van der Waals surface area contributed by atoms with Gasteiger partial charge in [0.25, 0.3) is 0 Å². The Labute approximate surface area is 106 Å². The van der Waals surface area contributed by atoms with E-state index in [1.807, 2.05) is 24.3 Å². The molecule has 0 heterocycles. The zero-order chi connectivity index (χ0) is 12.8. The van der Waals surface area contributed by atoms with Crippen molar-refractivity contribution in [1.82, 2.24) is 5.43 Å². The number of nitrogens with zero attached hydrogens (tertiary/aromatic N) is 1. The molecule has 1 aliphatic carbocycles. The molecule has 1 N–H and O–H groups in total. The van der Waals surface area contributed by atoms with Gasteiger partial charge in [-0.1, -0.05) is 24.8 Å². The molecule has 2 rings (SSSR count). The van der Waals surface area contributed by atoms with E-state index in [0.29, 0.717) is 6.61 Å². The van der Waals surface area contributed by atoms with Crippen molar-refractivity contribution in [1.29, 1.82) is 0 Å². The minimum Gasteiger partial charge on any atom is -0.490 e. The van der Waals surface area contributed by atoms with E-state index in [-0.39, 0.29) is 11.8 Å². The maximum absolute atomic E-state index is 11.3. The number of carbonyl (C=O) groups is 1. The number of amides is 1. The van der Waals surface area contributed by atoms with Crippen molar-refractivity contribution in [2.24, 2.45) is 11.0 Å². The Bertz CT molecular complexity index is 465. The van der Waals surface area contributed by atoms with Gasteiger partial charge in [0, 0.05) is 5.92 Å². The summed E-state index contributed by atoms with van der Waals surface area (Å²) in [7, 11) is 0. The molecular weight excluding hydrogens is 228 g/mol. The molecular formula is C14H16N2O2. The van der Waals surface area contributed by atoms with Gasteiger partial charge in [-0.3, -0.25) is 4.79 Å². The second-order valence-electron chi connectivity index (χ2n) is 4.18. The maximum atomic E-state index is 11.3. The molecule has 0 unspecified atom stereocenters. The first kappa shape index (κ1) is 12.4. The summed E-state index contributed by atoms with van der Waals surface area (Å²) in [4.78, 5) is 11.3. The molecule has 1 saturated carbocycles. The van der Waals surface area contributed by atoms with E-state index < -0.39 is 0 Å². The predicted molar refractivity (Wildman–Crippen MR) is 70.6 cm³/mol. The Morgan fingerprint density at radius 1 is 1.56 bits per heavy atom. The van der Waals surface area contributed by atoms with E-state index in [2.05, 4.69) is 17.1 Å². The standard InChI is InChI=1S/C14H16N2O2/c1-2-8-18-13-5-3-4-11(9-13)10-15-16-14(17)12-6-7-12/h2-5,9-10,12H,1,6-8H2,(H,16,17)/b15-10-. The highest BCUT2D eigenvalue weighted by molar-refractivity contribution is 5.84. The van der Waals surface area contributed by atoms with Gasteiger partial charge in [-0.15, -0.1) is 0 Å². The summed E-state index contributed by atoms with van der Waals surface area (Å²) >= 11 is 0. The lowest BCUT2D eigenvalue weighted by atomic mass is 10.2. The lowest BCUT2D eigenvalue weighted by molar-refractivity contribution is -0.122. The van der Waals surface area contributed by atoms with Crippen LogP contribution < -0.4 is 10.2 Å². The summed E-state index contributed by atoms with van der Waals surface area (Å²) in [6, 6.07) is 7.50. The van der Waals surface area contributed by atoms with Gasteiger partial charge in [-0.2, -0.15) is 5.10 Å². The molecule has 0 aromatic heterocycles. The molecule has 1 fully saturated rings. The van der Waals surface area contributed by atoms with Crippen LogP contribution in [-0.4, -0.2) is 18.7 Å². The summed E-state index contributed by atoms with van der Waals surface area (Å²) in [6.07, 6.45) is 5.26. The fourth-order valence-electron chi connectivity index (χ4n) is 1.45. The summed E-state index contributed by atoms with van der Waals surface area (Å²) in [5.74, 6) is 0.932. The third-order valence-electron chi connectivity index (χ3n) is 2.56. The number of rotatable bonds is 6. The Balaban J connectivity index is 1.89.